The Bertz CT molecular complexity index is 1200. The first-order valence-electron chi connectivity index (χ1n) is 12.3. The smallest absolute Gasteiger partial charge is 0.300 e. The summed E-state index contributed by atoms with van der Waals surface area (Å²) >= 11 is 0. The topological polar surface area (TPSA) is 139 Å². The van der Waals surface area contributed by atoms with Crippen LogP contribution in [-0.2, 0) is 4.74 Å². The van der Waals surface area contributed by atoms with Gasteiger partial charge in [0, 0.05) is 51.4 Å². The highest BCUT2D eigenvalue weighted by molar-refractivity contribution is 6.05. The summed E-state index contributed by atoms with van der Waals surface area (Å²) in [4.78, 5) is 33.2. The van der Waals surface area contributed by atoms with Crippen molar-refractivity contribution < 1.29 is 18.4 Å². The number of rotatable bonds is 5. The van der Waals surface area contributed by atoms with Gasteiger partial charge in [-0.15, -0.1) is 0 Å². The zero-order valence-electron chi connectivity index (χ0n) is 19.6. The van der Waals surface area contributed by atoms with Crippen LogP contribution in [0.5, 0.6) is 0 Å². The van der Waals surface area contributed by atoms with Gasteiger partial charge in [-0.3, -0.25) is 4.79 Å². The minimum Gasteiger partial charge on any atom is -0.431 e. The van der Waals surface area contributed by atoms with Gasteiger partial charge >= 0.3 is 0 Å². The molecule has 0 radical (unpaired) electrons. The molecule has 1 atom stereocenters. The second-order valence-electron chi connectivity index (χ2n) is 9.29. The van der Waals surface area contributed by atoms with E-state index in [1.807, 2.05) is 15.9 Å². The second-order valence-corrected chi connectivity index (χ2v) is 9.29. The third-order valence-electron chi connectivity index (χ3n) is 6.76. The second kappa shape index (κ2) is 9.34. The van der Waals surface area contributed by atoms with Crippen molar-refractivity contribution in [2.24, 2.45) is 5.73 Å². The van der Waals surface area contributed by atoms with Crippen LogP contribution in [0.15, 0.2) is 21.2 Å². The molecular formula is C23H30N8O4. The molecule has 3 N–H and O–H groups in total. The van der Waals surface area contributed by atoms with Crippen LogP contribution in [0.1, 0.15) is 36.2 Å². The van der Waals surface area contributed by atoms with Crippen molar-refractivity contribution in [2.75, 3.05) is 72.5 Å². The van der Waals surface area contributed by atoms with Crippen LogP contribution in [0.3, 0.4) is 0 Å². The number of fused-ring (bicyclic) bond motifs is 1. The summed E-state index contributed by atoms with van der Waals surface area (Å²) in [6, 6.07) is 2.84. The van der Waals surface area contributed by atoms with Crippen LogP contribution in [0.4, 0.5) is 23.5 Å². The summed E-state index contributed by atoms with van der Waals surface area (Å²) in [6.07, 6.45) is 5.60. The number of morpholine rings is 1. The third kappa shape index (κ3) is 4.50. The van der Waals surface area contributed by atoms with Gasteiger partial charge in [-0.05, 0) is 25.7 Å². The lowest BCUT2D eigenvalue weighted by molar-refractivity contribution is 0.102. The van der Waals surface area contributed by atoms with Crippen molar-refractivity contribution in [3.8, 4) is 0 Å². The van der Waals surface area contributed by atoms with Gasteiger partial charge < -0.3 is 39.3 Å². The molecule has 6 rings (SSSR count). The number of carbonyl (C=O) groups excluding carboxylic acids is 1. The molecule has 1 unspecified atom stereocenters. The van der Waals surface area contributed by atoms with E-state index in [0.29, 0.717) is 67.6 Å². The Morgan fingerprint density at radius 3 is 2.57 bits per heavy atom. The highest BCUT2D eigenvalue weighted by atomic mass is 16.5. The van der Waals surface area contributed by atoms with E-state index < -0.39 is 0 Å². The largest absolute Gasteiger partial charge is 0.431 e. The number of anilines is 4. The molecule has 0 aliphatic carbocycles. The van der Waals surface area contributed by atoms with E-state index in [1.165, 1.54) is 12.7 Å². The number of amides is 1. The van der Waals surface area contributed by atoms with Crippen molar-refractivity contribution in [3.05, 3.63) is 18.0 Å². The molecule has 0 saturated carbocycles. The van der Waals surface area contributed by atoms with Crippen LogP contribution < -0.4 is 25.8 Å². The molecule has 186 valence electrons. The molecule has 35 heavy (non-hydrogen) atoms. The number of piperidine rings is 1. The van der Waals surface area contributed by atoms with Crippen LogP contribution in [-0.4, -0.2) is 79.4 Å². The van der Waals surface area contributed by atoms with Gasteiger partial charge in [0.15, 0.2) is 17.1 Å². The number of ether oxygens (including phenoxy) is 1. The van der Waals surface area contributed by atoms with Gasteiger partial charge in [-0.2, -0.15) is 9.97 Å². The maximum atomic E-state index is 13.1. The van der Waals surface area contributed by atoms with E-state index in [4.69, 9.17) is 24.3 Å². The zero-order valence-corrected chi connectivity index (χ0v) is 19.6. The van der Waals surface area contributed by atoms with Crippen molar-refractivity contribution in [3.63, 3.8) is 0 Å². The summed E-state index contributed by atoms with van der Waals surface area (Å²) in [5.74, 6) is 0.331. The molecule has 0 aromatic carbocycles. The number of nitrogens with zero attached hydrogens (tertiary/aromatic N) is 6. The number of oxazole rings is 2. The van der Waals surface area contributed by atoms with Crippen molar-refractivity contribution in [1.82, 2.24) is 15.0 Å². The van der Waals surface area contributed by atoms with Gasteiger partial charge in [-0.25, -0.2) is 4.98 Å². The average molecular weight is 483 g/mol. The summed E-state index contributed by atoms with van der Waals surface area (Å²) in [6.45, 7) is 5.87. The lowest BCUT2D eigenvalue weighted by Gasteiger charge is -2.29. The molecule has 12 heteroatoms. The Labute approximate surface area is 202 Å². The van der Waals surface area contributed by atoms with Gasteiger partial charge in [0.1, 0.15) is 6.26 Å². The first-order valence-corrected chi connectivity index (χ1v) is 12.3. The lowest BCUT2D eigenvalue weighted by Crippen LogP contribution is -2.36. The maximum Gasteiger partial charge on any atom is 0.300 e. The number of aromatic nitrogens is 3. The molecule has 3 aromatic rings. The highest BCUT2D eigenvalue weighted by Crippen LogP contribution is 2.32. The average Bonchev–Trinajstić information content (AvgIpc) is 3.64. The van der Waals surface area contributed by atoms with Crippen molar-refractivity contribution in [1.29, 1.82) is 0 Å². The summed E-state index contributed by atoms with van der Waals surface area (Å²) in [5.41, 5.74) is 7.81. The number of hydrogen-bond donors (Lipinski definition) is 2. The molecule has 3 aliphatic rings. The van der Waals surface area contributed by atoms with Gasteiger partial charge in [-0.1, -0.05) is 0 Å². The highest BCUT2D eigenvalue weighted by Gasteiger charge is 2.26. The van der Waals surface area contributed by atoms with Crippen LogP contribution >= 0.6 is 0 Å². The molecule has 12 nitrogen and oxygen atoms in total. The number of hydrogen-bond acceptors (Lipinski definition) is 11. The van der Waals surface area contributed by atoms with Crippen molar-refractivity contribution in [2.45, 2.75) is 31.7 Å². The minimum absolute atomic E-state index is 0.0911. The van der Waals surface area contributed by atoms with E-state index in [2.05, 4.69) is 20.2 Å². The third-order valence-corrected chi connectivity index (χ3v) is 6.76. The maximum absolute atomic E-state index is 13.1. The first-order chi connectivity index (χ1) is 17.1. The molecule has 1 amide bonds. The predicted octanol–water partition coefficient (Wildman–Crippen LogP) is 1.83. The van der Waals surface area contributed by atoms with Crippen LogP contribution in [0.25, 0.3) is 11.2 Å². The minimum atomic E-state index is -0.365. The van der Waals surface area contributed by atoms with E-state index in [9.17, 15) is 4.79 Å². The van der Waals surface area contributed by atoms with E-state index in [1.54, 1.807) is 0 Å². The lowest BCUT2D eigenvalue weighted by atomic mass is 10.1. The summed E-state index contributed by atoms with van der Waals surface area (Å²) in [5, 5.41) is 2.99. The summed E-state index contributed by atoms with van der Waals surface area (Å²) < 4.78 is 17.0. The molecule has 3 aliphatic heterocycles. The van der Waals surface area contributed by atoms with Crippen LogP contribution in [0.2, 0.25) is 0 Å². The Morgan fingerprint density at radius 1 is 0.971 bits per heavy atom. The molecular weight excluding hydrogens is 452 g/mol. The SMILES string of the molecule is NC1CCN(c2nc(C(=O)Nc3cc4oc(N5CCOCC5)nc4nc3N3CCCCC3)co2)C1. The molecule has 0 bridgehead atoms. The van der Waals surface area contributed by atoms with Gasteiger partial charge in [0.05, 0.1) is 18.9 Å². The van der Waals surface area contributed by atoms with Crippen molar-refractivity contribution >= 4 is 40.7 Å². The fourth-order valence-corrected chi connectivity index (χ4v) is 4.83. The predicted molar refractivity (Wildman–Crippen MR) is 130 cm³/mol. The Kier molecular flexibility index (Phi) is 5.90. The molecule has 0 spiro atoms. The van der Waals surface area contributed by atoms with E-state index in [0.717, 1.165) is 38.9 Å². The van der Waals surface area contributed by atoms with E-state index >= 15 is 0 Å². The van der Waals surface area contributed by atoms with Gasteiger partial charge in [0.25, 0.3) is 17.9 Å². The van der Waals surface area contributed by atoms with Gasteiger partial charge in [0.2, 0.25) is 5.65 Å². The fraction of sp³-hybridized carbons (Fsp3) is 0.565. The number of pyridine rings is 1. The molecule has 3 saturated heterocycles. The molecule has 3 fully saturated rings. The zero-order chi connectivity index (χ0) is 23.8. The first kappa shape index (κ1) is 22.1. The molecule has 3 aromatic heterocycles. The van der Waals surface area contributed by atoms with Crippen LogP contribution in [0, 0.1) is 0 Å². The Balaban J connectivity index is 1.29. The summed E-state index contributed by atoms with van der Waals surface area (Å²) in [7, 11) is 0. The Morgan fingerprint density at radius 2 is 1.80 bits per heavy atom. The number of carbonyl (C=O) groups is 1. The molecule has 6 heterocycles. The van der Waals surface area contributed by atoms with E-state index in [-0.39, 0.29) is 17.6 Å². The monoisotopic (exact) mass is 482 g/mol. The Hall–Kier alpha value is -3.38. The number of nitrogens with one attached hydrogen (secondary N) is 1. The standard InChI is InChI=1S/C23H30N8O4/c24-15-4-7-31(13-15)22-26-17(14-34-22)21(32)25-16-12-18-19(27-20(16)29-5-2-1-3-6-29)28-23(35-18)30-8-10-33-11-9-30/h12,14-15H,1-11,13,24H2,(H,25,32). The number of nitrogens with two attached hydrogens (primary N) is 1. The normalized spacial score (nSPS) is 21.2. The fourth-order valence-electron chi connectivity index (χ4n) is 4.83. The quantitative estimate of drug-likeness (QED) is 0.550.